The Hall–Kier alpha value is -1.02. The molecule has 0 amide bonds. The molecular formula is C21H32IN3O2. The number of halogens is 1. The predicted octanol–water partition coefficient (Wildman–Crippen LogP) is 3.77. The van der Waals surface area contributed by atoms with E-state index in [2.05, 4.69) is 41.8 Å². The second-order valence-electron chi connectivity index (χ2n) is 8.28. The molecule has 3 aliphatic rings. The van der Waals surface area contributed by atoms with Gasteiger partial charge in [0.25, 0.3) is 0 Å². The highest BCUT2D eigenvalue weighted by Crippen LogP contribution is 2.47. The zero-order valence-corrected chi connectivity index (χ0v) is 18.5. The van der Waals surface area contributed by atoms with Crippen molar-refractivity contribution < 1.29 is 9.84 Å². The Morgan fingerprint density at radius 2 is 1.96 bits per heavy atom. The van der Waals surface area contributed by atoms with Gasteiger partial charge in [0, 0.05) is 23.9 Å². The van der Waals surface area contributed by atoms with Gasteiger partial charge in [0.05, 0.1) is 19.2 Å². The number of para-hydroxylation sites is 1. The number of aliphatic hydroxyl groups excluding tert-OH is 1. The molecule has 2 aliphatic carbocycles. The minimum Gasteiger partial charge on any atom is -0.487 e. The van der Waals surface area contributed by atoms with Crippen LogP contribution in [0.15, 0.2) is 29.3 Å². The third-order valence-corrected chi connectivity index (χ3v) is 6.23. The number of nitrogens with zero attached hydrogens (tertiary/aromatic N) is 1. The summed E-state index contributed by atoms with van der Waals surface area (Å²) in [5.41, 5.74) is 1.23. The van der Waals surface area contributed by atoms with Crippen LogP contribution in [0.2, 0.25) is 0 Å². The van der Waals surface area contributed by atoms with E-state index >= 15 is 0 Å². The van der Waals surface area contributed by atoms with Crippen molar-refractivity contribution >= 4 is 29.9 Å². The highest BCUT2D eigenvalue weighted by molar-refractivity contribution is 14.0. The third-order valence-electron chi connectivity index (χ3n) is 6.23. The molecule has 0 aromatic heterocycles. The van der Waals surface area contributed by atoms with Crippen molar-refractivity contribution in [1.82, 2.24) is 10.6 Å². The van der Waals surface area contributed by atoms with E-state index in [1.54, 1.807) is 0 Å². The van der Waals surface area contributed by atoms with Crippen molar-refractivity contribution in [2.24, 2.45) is 10.4 Å². The van der Waals surface area contributed by atoms with Gasteiger partial charge in [0.1, 0.15) is 11.4 Å². The Kier molecular flexibility index (Phi) is 6.56. The van der Waals surface area contributed by atoms with Crippen molar-refractivity contribution in [2.45, 2.75) is 63.5 Å². The summed E-state index contributed by atoms with van der Waals surface area (Å²) in [6.45, 7) is 3.84. The van der Waals surface area contributed by atoms with Gasteiger partial charge in [-0.1, -0.05) is 18.2 Å². The van der Waals surface area contributed by atoms with Gasteiger partial charge in [-0.3, -0.25) is 4.99 Å². The van der Waals surface area contributed by atoms with Gasteiger partial charge >= 0.3 is 0 Å². The maximum absolute atomic E-state index is 9.56. The zero-order chi connectivity index (χ0) is 18.0. The van der Waals surface area contributed by atoms with Gasteiger partial charge in [0.2, 0.25) is 0 Å². The maximum Gasteiger partial charge on any atom is 0.191 e. The first-order chi connectivity index (χ1) is 12.7. The Morgan fingerprint density at radius 1 is 1.22 bits per heavy atom. The lowest BCUT2D eigenvalue weighted by Crippen LogP contribution is -2.46. The molecule has 6 heteroatoms. The second-order valence-corrected chi connectivity index (χ2v) is 8.28. The Bertz CT molecular complexity index is 669. The molecule has 1 aliphatic heterocycles. The van der Waals surface area contributed by atoms with E-state index in [0.717, 1.165) is 50.4 Å². The fraction of sp³-hybridized carbons (Fsp3) is 0.667. The van der Waals surface area contributed by atoms with Crippen molar-refractivity contribution in [1.29, 1.82) is 0 Å². The molecule has 5 nitrogen and oxygen atoms in total. The van der Waals surface area contributed by atoms with E-state index in [0.29, 0.717) is 6.54 Å². The second kappa shape index (κ2) is 8.55. The highest BCUT2D eigenvalue weighted by Gasteiger charge is 2.44. The molecule has 2 fully saturated rings. The summed E-state index contributed by atoms with van der Waals surface area (Å²) in [5.74, 6) is 1.87. The third kappa shape index (κ3) is 4.53. The monoisotopic (exact) mass is 485 g/mol. The number of rotatable bonds is 5. The van der Waals surface area contributed by atoms with Crippen molar-refractivity contribution in [3.8, 4) is 5.75 Å². The van der Waals surface area contributed by atoms with Crippen LogP contribution in [0, 0.1) is 5.41 Å². The summed E-state index contributed by atoms with van der Waals surface area (Å²) in [6, 6.07) is 8.60. The number of aliphatic imine (C=N–C) groups is 1. The minimum atomic E-state index is -0.0217. The fourth-order valence-electron chi connectivity index (χ4n) is 4.35. The average Bonchev–Trinajstić information content (AvgIpc) is 3.32. The summed E-state index contributed by atoms with van der Waals surface area (Å²) in [5, 5.41) is 16.6. The lowest BCUT2D eigenvalue weighted by Gasteiger charge is -2.40. The number of ether oxygens (including phenoxy) is 1. The van der Waals surface area contributed by atoms with Gasteiger partial charge in [-0.25, -0.2) is 0 Å². The van der Waals surface area contributed by atoms with E-state index in [4.69, 9.17) is 9.73 Å². The lowest BCUT2D eigenvalue weighted by molar-refractivity contribution is 0.0396. The van der Waals surface area contributed by atoms with Gasteiger partial charge < -0.3 is 20.5 Å². The first-order valence-electron chi connectivity index (χ1n) is 10.1. The molecule has 1 spiro atoms. The molecular weight excluding hydrogens is 453 g/mol. The average molecular weight is 485 g/mol. The molecule has 1 heterocycles. The van der Waals surface area contributed by atoms with Crippen LogP contribution >= 0.6 is 24.0 Å². The molecule has 150 valence electrons. The number of hydrogen-bond donors (Lipinski definition) is 3. The molecule has 0 bridgehead atoms. The van der Waals surface area contributed by atoms with Crippen LogP contribution in [0.4, 0.5) is 0 Å². The first kappa shape index (κ1) is 20.7. The van der Waals surface area contributed by atoms with E-state index in [9.17, 15) is 5.11 Å². The fourth-order valence-corrected chi connectivity index (χ4v) is 4.35. The molecule has 0 radical (unpaired) electrons. The van der Waals surface area contributed by atoms with Crippen LogP contribution in [-0.2, 0) is 0 Å². The van der Waals surface area contributed by atoms with E-state index in [1.165, 1.54) is 18.4 Å². The summed E-state index contributed by atoms with van der Waals surface area (Å²) in [6.07, 6.45) is 7.93. The number of hydrogen-bond acceptors (Lipinski definition) is 3. The van der Waals surface area contributed by atoms with Crippen LogP contribution in [0.3, 0.4) is 0 Å². The topological polar surface area (TPSA) is 65.9 Å². The van der Waals surface area contributed by atoms with Crippen molar-refractivity contribution in [3.63, 3.8) is 0 Å². The normalized spacial score (nSPS) is 24.5. The Labute approximate surface area is 179 Å². The predicted molar refractivity (Wildman–Crippen MR) is 119 cm³/mol. The van der Waals surface area contributed by atoms with Gasteiger partial charge in [-0.2, -0.15) is 0 Å². The van der Waals surface area contributed by atoms with Crippen LogP contribution < -0.4 is 15.4 Å². The smallest absolute Gasteiger partial charge is 0.191 e. The number of guanidine groups is 1. The van der Waals surface area contributed by atoms with Crippen LogP contribution in [-0.4, -0.2) is 36.4 Å². The Balaban J connectivity index is 0.00000210. The number of fused-ring (bicyclic) bond motifs is 1. The molecule has 4 rings (SSSR count). The van der Waals surface area contributed by atoms with E-state index < -0.39 is 0 Å². The minimum absolute atomic E-state index is 0. The highest BCUT2D eigenvalue weighted by atomic mass is 127. The number of nitrogens with one attached hydrogen (secondary N) is 2. The Morgan fingerprint density at radius 3 is 2.63 bits per heavy atom. The molecule has 1 unspecified atom stereocenters. The number of benzene rings is 1. The molecule has 1 atom stereocenters. The van der Waals surface area contributed by atoms with Crippen LogP contribution in [0.25, 0.3) is 0 Å². The summed E-state index contributed by atoms with van der Waals surface area (Å²) in [4.78, 5) is 4.79. The first-order valence-corrected chi connectivity index (χ1v) is 10.1. The molecule has 0 saturated heterocycles. The molecule has 2 saturated carbocycles. The molecule has 27 heavy (non-hydrogen) atoms. The molecule has 1 aromatic carbocycles. The maximum atomic E-state index is 9.56. The van der Waals surface area contributed by atoms with Crippen LogP contribution in [0.5, 0.6) is 5.75 Å². The SMILES string of the molecule is CCNC(=NCC1(CO)CC1)NC1CC2(CCCC2)Oc2ccccc21.I. The quantitative estimate of drug-likeness (QED) is 0.338. The summed E-state index contributed by atoms with van der Waals surface area (Å²) < 4.78 is 6.46. The standard InChI is InChI=1S/C21H31N3O2.HI/c1-2-22-19(23-14-20(15-25)11-12-20)24-17-13-21(9-5-6-10-21)26-18-8-4-3-7-16(17)18;/h3-4,7-8,17,25H,2,5-6,9-15H2,1H3,(H2,22,23,24);1H. The zero-order valence-electron chi connectivity index (χ0n) is 16.2. The largest absolute Gasteiger partial charge is 0.487 e. The van der Waals surface area contributed by atoms with Gasteiger partial charge in [-0.15, -0.1) is 24.0 Å². The van der Waals surface area contributed by atoms with Gasteiger partial charge in [-0.05, 0) is 51.5 Å². The summed E-state index contributed by atoms with van der Waals surface area (Å²) >= 11 is 0. The summed E-state index contributed by atoms with van der Waals surface area (Å²) in [7, 11) is 0. The van der Waals surface area contributed by atoms with E-state index in [-0.39, 0.29) is 47.6 Å². The number of aliphatic hydroxyl groups is 1. The van der Waals surface area contributed by atoms with Crippen molar-refractivity contribution in [3.05, 3.63) is 29.8 Å². The molecule has 3 N–H and O–H groups in total. The van der Waals surface area contributed by atoms with Crippen molar-refractivity contribution in [2.75, 3.05) is 19.7 Å². The lowest BCUT2D eigenvalue weighted by atomic mass is 9.86. The van der Waals surface area contributed by atoms with Crippen LogP contribution in [0.1, 0.15) is 63.5 Å². The molecule has 1 aromatic rings. The van der Waals surface area contributed by atoms with E-state index in [1.807, 2.05) is 0 Å². The van der Waals surface area contributed by atoms with Gasteiger partial charge in [0.15, 0.2) is 5.96 Å².